The molecular weight excluding hydrogens is 444 g/mol. The maximum atomic E-state index is 13.0. The lowest BCUT2D eigenvalue weighted by Crippen LogP contribution is -2.57. The van der Waals surface area contributed by atoms with Gasteiger partial charge in [0.1, 0.15) is 17.8 Å². The number of likely N-dealkylation sites (N-methyl/N-ethyl adjacent to an activating group) is 1. The van der Waals surface area contributed by atoms with Gasteiger partial charge in [0, 0.05) is 6.42 Å². The number of nitrogens with zero attached hydrogens (tertiary/aromatic N) is 1. The molecule has 0 aromatic heterocycles. The van der Waals surface area contributed by atoms with Gasteiger partial charge in [-0.3, -0.25) is 28.9 Å². The van der Waals surface area contributed by atoms with Gasteiger partial charge in [0.25, 0.3) is 0 Å². The van der Waals surface area contributed by atoms with Gasteiger partial charge in [-0.25, -0.2) is 0 Å². The number of carboxylic acids is 1. The Morgan fingerprint density at radius 3 is 2.18 bits per heavy atom. The summed E-state index contributed by atoms with van der Waals surface area (Å²) in [4.78, 5) is 63.3. The molecule has 0 radical (unpaired) electrons. The van der Waals surface area contributed by atoms with Gasteiger partial charge < -0.3 is 26.2 Å². The predicted molar refractivity (Wildman–Crippen MR) is 122 cm³/mol. The van der Waals surface area contributed by atoms with Crippen LogP contribution in [-0.2, 0) is 30.4 Å². The minimum atomic E-state index is -1.39. The van der Waals surface area contributed by atoms with Crippen LogP contribution in [0.15, 0.2) is 24.3 Å². The first-order valence-electron chi connectivity index (χ1n) is 11.1. The Hall–Kier alpha value is -3.47. The molecule has 186 valence electrons. The molecule has 0 aliphatic carbocycles. The van der Waals surface area contributed by atoms with Gasteiger partial charge in [-0.1, -0.05) is 12.1 Å². The molecule has 0 bridgehead atoms. The Morgan fingerprint density at radius 2 is 1.65 bits per heavy atom. The highest BCUT2D eigenvalue weighted by atomic mass is 16.4. The lowest BCUT2D eigenvalue weighted by atomic mass is 10.0. The first-order chi connectivity index (χ1) is 16.0. The zero-order valence-electron chi connectivity index (χ0n) is 19.5. The summed E-state index contributed by atoms with van der Waals surface area (Å²) in [6.45, 7) is 3.54. The average molecular weight is 477 g/mol. The fourth-order valence-electron chi connectivity index (χ4n) is 3.66. The highest BCUT2D eigenvalue weighted by Gasteiger charge is 2.33. The molecule has 1 aromatic carbocycles. The summed E-state index contributed by atoms with van der Waals surface area (Å²) >= 11 is 0. The number of aliphatic carboxylic acids is 1. The third-order valence-corrected chi connectivity index (χ3v) is 5.81. The Bertz CT molecular complexity index is 918. The number of phenolic OH excluding ortho intramolecular Hbond substituents is 1. The number of hydrogen-bond acceptors (Lipinski definition) is 7. The summed E-state index contributed by atoms with van der Waals surface area (Å²) in [5, 5.41) is 26.3. The summed E-state index contributed by atoms with van der Waals surface area (Å²) in [7, 11) is 1.78. The van der Waals surface area contributed by atoms with Crippen molar-refractivity contribution in [1.29, 1.82) is 0 Å². The third-order valence-electron chi connectivity index (χ3n) is 5.81. The van der Waals surface area contributed by atoms with Gasteiger partial charge >= 0.3 is 5.97 Å². The van der Waals surface area contributed by atoms with Gasteiger partial charge in [0.2, 0.25) is 17.7 Å². The number of likely N-dealkylation sites (tertiary alicyclic amines) is 1. The fraction of sp³-hybridized carbons (Fsp3) is 0.522. The molecule has 1 aliphatic heterocycles. The van der Waals surface area contributed by atoms with E-state index in [1.165, 1.54) is 26.0 Å². The van der Waals surface area contributed by atoms with E-state index in [-0.39, 0.29) is 18.0 Å². The number of rotatable bonds is 11. The molecule has 4 unspecified atom stereocenters. The van der Waals surface area contributed by atoms with Crippen LogP contribution in [0.2, 0.25) is 0 Å². The zero-order valence-corrected chi connectivity index (χ0v) is 19.5. The van der Waals surface area contributed by atoms with E-state index in [0.717, 1.165) is 13.0 Å². The van der Waals surface area contributed by atoms with Gasteiger partial charge in [0.05, 0.1) is 18.5 Å². The molecule has 1 saturated heterocycles. The Kier molecular flexibility index (Phi) is 9.55. The first-order valence-corrected chi connectivity index (χ1v) is 11.1. The number of benzene rings is 1. The van der Waals surface area contributed by atoms with Crippen LogP contribution >= 0.6 is 0 Å². The van der Waals surface area contributed by atoms with Crippen molar-refractivity contribution in [2.75, 3.05) is 13.6 Å². The van der Waals surface area contributed by atoms with Crippen molar-refractivity contribution in [3.63, 3.8) is 0 Å². The number of Topliss-reactive ketones (excluding diaryl/α,β-unsaturated/α-hetero) is 1. The molecule has 11 heteroatoms. The van der Waals surface area contributed by atoms with Crippen LogP contribution in [0.3, 0.4) is 0 Å². The van der Waals surface area contributed by atoms with Gasteiger partial charge in [-0.15, -0.1) is 0 Å². The van der Waals surface area contributed by atoms with E-state index in [1.54, 1.807) is 19.2 Å². The molecule has 1 heterocycles. The number of carbonyl (C=O) groups excluding carboxylic acids is 4. The highest BCUT2D eigenvalue weighted by Crippen LogP contribution is 2.15. The molecular formula is C23H32N4O7. The maximum Gasteiger partial charge on any atom is 0.305 e. The van der Waals surface area contributed by atoms with Crippen molar-refractivity contribution in [2.45, 2.75) is 63.7 Å². The largest absolute Gasteiger partial charge is 0.508 e. The average Bonchev–Trinajstić information content (AvgIpc) is 3.19. The molecule has 5 N–H and O–H groups in total. The topological polar surface area (TPSA) is 165 Å². The van der Waals surface area contributed by atoms with Crippen molar-refractivity contribution in [3.05, 3.63) is 29.8 Å². The molecule has 1 aliphatic rings. The van der Waals surface area contributed by atoms with E-state index >= 15 is 0 Å². The Labute approximate surface area is 197 Å². The second-order valence-electron chi connectivity index (χ2n) is 8.57. The van der Waals surface area contributed by atoms with Crippen molar-refractivity contribution < 1.29 is 34.2 Å². The van der Waals surface area contributed by atoms with Crippen LogP contribution < -0.4 is 16.0 Å². The summed E-state index contributed by atoms with van der Waals surface area (Å²) < 4.78 is 0. The first kappa shape index (κ1) is 26.8. The number of amides is 3. The maximum absolute atomic E-state index is 13.0. The molecule has 0 saturated carbocycles. The molecule has 11 nitrogen and oxygen atoms in total. The number of hydrogen-bond donors (Lipinski definition) is 5. The third kappa shape index (κ3) is 7.84. The summed E-state index contributed by atoms with van der Waals surface area (Å²) in [5.41, 5.74) is 0.611. The van der Waals surface area contributed by atoms with Crippen molar-refractivity contribution in [2.24, 2.45) is 0 Å². The number of nitrogens with one attached hydrogen (secondary N) is 3. The van der Waals surface area contributed by atoms with E-state index in [2.05, 4.69) is 16.0 Å². The van der Waals surface area contributed by atoms with E-state index in [9.17, 15) is 34.2 Å². The summed E-state index contributed by atoms with van der Waals surface area (Å²) in [5.74, 6) is -3.46. The lowest BCUT2D eigenvalue weighted by molar-refractivity contribution is -0.141. The minimum Gasteiger partial charge on any atom is -0.508 e. The second-order valence-corrected chi connectivity index (χ2v) is 8.57. The Balaban J connectivity index is 2.19. The fourth-order valence-corrected chi connectivity index (χ4v) is 3.66. The molecule has 34 heavy (non-hydrogen) atoms. The van der Waals surface area contributed by atoms with Crippen LogP contribution in [0.25, 0.3) is 0 Å². The van der Waals surface area contributed by atoms with Crippen molar-refractivity contribution in [1.82, 2.24) is 20.9 Å². The standard InChI is InChI=1S/C23H32N4O7/c1-13(14(2)28)24-21(32)17(11-15-6-8-16(29)9-7-15)25-22(33)18(12-20(30)31)26-23(34)19-5-4-10-27(19)3/h6-9,13,17-19,29H,4-5,10-12H2,1-3H3,(H,24,32)(H,25,33)(H,26,34)(H,30,31). The molecule has 3 amide bonds. The molecule has 1 aromatic rings. The zero-order chi connectivity index (χ0) is 25.4. The van der Waals surface area contributed by atoms with Crippen LogP contribution in [-0.4, -0.2) is 82.3 Å². The lowest BCUT2D eigenvalue weighted by Gasteiger charge is -2.25. The Morgan fingerprint density at radius 1 is 1.03 bits per heavy atom. The van der Waals surface area contributed by atoms with Crippen molar-refractivity contribution >= 4 is 29.5 Å². The number of carbonyl (C=O) groups is 5. The minimum absolute atomic E-state index is 0.0155. The normalized spacial score (nSPS) is 18.4. The smallest absolute Gasteiger partial charge is 0.305 e. The summed E-state index contributed by atoms with van der Waals surface area (Å²) in [6, 6.07) is 2.20. The van der Waals surface area contributed by atoms with Crippen LogP contribution in [0.5, 0.6) is 5.75 Å². The number of ketones is 1. The second kappa shape index (κ2) is 12.1. The molecule has 1 fully saturated rings. The SMILES string of the molecule is CC(=O)C(C)NC(=O)C(Cc1ccc(O)cc1)NC(=O)C(CC(=O)O)NC(=O)C1CCCN1C. The van der Waals surface area contributed by atoms with E-state index in [0.29, 0.717) is 12.0 Å². The quantitative estimate of drug-likeness (QED) is 0.287. The number of aromatic hydroxyl groups is 1. The monoisotopic (exact) mass is 476 g/mol. The molecule has 4 atom stereocenters. The van der Waals surface area contributed by atoms with Crippen molar-refractivity contribution in [3.8, 4) is 5.75 Å². The number of phenols is 1. The van der Waals surface area contributed by atoms with E-state index in [4.69, 9.17) is 0 Å². The van der Waals surface area contributed by atoms with E-state index in [1.807, 2.05) is 4.90 Å². The summed E-state index contributed by atoms with van der Waals surface area (Å²) in [6.07, 6.45) is 0.763. The predicted octanol–water partition coefficient (Wildman–Crippen LogP) is -0.433. The van der Waals surface area contributed by atoms with Gasteiger partial charge in [-0.05, 0) is 58.0 Å². The highest BCUT2D eigenvalue weighted by molar-refractivity contribution is 5.96. The molecule has 0 spiro atoms. The van der Waals surface area contributed by atoms with Gasteiger partial charge in [0.15, 0.2) is 5.78 Å². The van der Waals surface area contributed by atoms with Crippen LogP contribution in [0, 0.1) is 0 Å². The van der Waals surface area contributed by atoms with Gasteiger partial charge in [-0.2, -0.15) is 0 Å². The van der Waals surface area contributed by atoms with Crippen LogP contribution in [0.1, 0.15) is 38.7 Å². The molecule has 2 rings (SSSR count). The van der Waals surface area contributed by atoms with E-state index < -0.39 is 54.3 Å². The van der Waals surface area contributed by atoms with Crippen LogP contribution in [0.4, 0.5) is 0 Å². The number of carboxylic acid groups (broad SMARTS) is 1.